The molecule has 136 valence electrons. The van der Waals surface area contributed by atoms with Crippen LogP contribution in [0.1, 0.15) is 24.2 Å². The van der Waals surface area contributed by atoms with Gasteiger partial charge in [-0.05, 0) is 44.4 Å². The first-order chi connectivity index (χ1) is 12.6. The Morgan fingerprint density at radius 3 is 2.46 bits per heavy atom. The summed E-state index contributed by atoms with van der Waals surface area (Å²) < 4.78 is 7.21. The normalized spacial score (nSPS) is 15.6. The molecule has 6 heteroatoms. The van der Waals surface area contributed by atoms with E-state index in [1.54, 1.807) is 7.11 Å². The molecule has 3 aromatic rings. The Morgan fingerprint density at radius 1 is 1.12 bits per heavy atom. The number of ether oxygens (including phenoxy) is 1. The van der Waals surface area contributed by atoms with Gasteiger partial charge in [-0.3, -0.25) is 0 Å². The maximum atomic E-state index is 9.81. The van der Waals surface area contributed by atoms with Crippen molar-refractivity contribution in [1.82, 2.24) is 14.6 Å². The van der Waals surface area contributed by atoms with Crippen LogP contribution in [0.25, 0.3) is 16.8 Å². The zero-order chi connectivity index (χ0) is 18.3. The zero-order valence-electron chi connectivity index (χ0n) is 15.4. The average molecular weight is 352 g/mol. The molecule has 4 rings (SSSR count). The predicted octanol–water partition coefficient (Wildman–Crippen LogP) is 2.98. The van der Waals surface area contributed by atoms with E-state index in [1.807, 2.05) is 42.6 Å². The first-order valence-electron chi connectivity index (χ1n) is 9.01. The van der Waals surface area contributed by atoms with Crippen molar-refractivity contribution in [2.45, 2.75) is 32.8 Å². The predicted molar refractivity (Wildman–Crippen MR) is 102 cm³/mol. The van der Waals surface area contributed by atoms with Crippen LogP contribution in [0.3, 0.4) is 0 Å². The fourth-order valence-electron chi connectivity index (χ4n) is 3.64. The highest BCUT2D eigenvalue weighted by molar-refractivity contribution is 5.81. The number of anilines is 1. The van der Waals surface area contributed by atoms with Crippen LogP contribution in [0, 0.1) is 13.8 Å². The molecule has 0 aliphatic carbocycles. The van der Waals surface area contributed by atoms with Gasteiger partial charge in [-0.1, -0.05) is 12.1 Å². The second kappa shape index (κ2) is 6.61. The maximum absolute atomic E-state index is 9.81. The smallest absolute Gasteiger partial charge is 0.165 e. The van der Waals surface area contributed by atoms with E-state index in [0.29, 0.717) is 0 Å². The van der Waals surface area contributed by atoms with E-state index < -0.39 is 0 Å². The van der Waals surface area contributed by atoms with E-state index in [9.17, 15) is 5.11 Å². The van der Waals surface area contributed by atoms with Gasteiger partial charge < -0.3 is 14.7 Å². The number of benzene rings is 1. The van der Waals surface area contributed by atoms with Crippen LogP contribution in [0.2, 0.25) is 0 Å². The topological polar surface area (TPSA) is 62.9 Å². The Balaban J connectivity index is 1.84. The summed E-state index contributed by atoms with van der Waals surface area (Å²) in [5, 5.41) is 14.6. The minimum atomic E-state index is -0.195. The van der Waals surface area contributed by atoms with E-state index in [2.05, 4.69) is 11.0 Å². The van der Waals surface area contributed by atoms with Crippen molar-refractivity contribution in [3.05, 3.63) is 41.7 Å². The van der Waals surface area contributed by atoms with Crippen LogP contribution in [0.15, 0.2) is 30.3 Å². The summed E-state index contributed by atoms with van der Waals surface area (Å²) in [7, 11) is 1.67. The molecule has 0 amide bonds. The van der Waals surface area contributed by atoms with Gasteiger partial charge in [0.05, 0.1) is 18.9 Å². The number of fused-ring (bicyclic) bond motifs is 1. The lowest BCUT2D eigenvalue weighted by Crippen LogP contribution is -2.37. The Kier molecular flexibility index (Phi) is 4.28. The lowest BCUT2D eigenvalue weighted by molar-refractivity contribution is 0.145. The number of piperidine rings is 1. The largest absolute Gasteiger partial charge is 0.497 e. The van der Waals surface area contributed by atoms with Crippen molar-refractivity contribution in [2.75, 3.05) is 25.1 Å². The molecule has 1 aromatic carbocycles. The van der Waals surface area contributed by atoms with Crippen LogP contribution < -0.4 is 9.64 Å². The molecule has 0 atom stereocenters. The second-order valence-electron chi connectivity index (χ2n) is 6.90. The first-order valence-corrected chi connectivity index (χ1v) is 9.01. The van der Waals surface area contributed by atoms with Crippen LogP contribution in [0.5, 0.6) is 5.75 Å². The standard InChI is InChI=1S/C20H24N4O2/c1-13-12-18(23-10-8-16(25)9-11-23)24-20(21-13)19(14(2)22-24)15-4-6-17(26-3)7-5-15/h4-7,12,16,25H,8-11H2,1-3H3. The van der Waals surface area contributed by atoms with E-state index in [0.717, 1.165) is 65.7 Å². The molecule has 2 aromatic heterocycles. The van der Waals surface area contributed by atoms with Crippen molar-refractivity contribution >= 4 is 11.5 Å². The van der Waals surface area contributed by atoms with Gasteiger partial charge in [-0.2, -0.15) is 9.61 Å². The monoisotopic (exact) mass is 352 g/mol. The van der Waals surface area contributed by atoms with Gasteiger partial charge in [0.25, 0.3) is 0 Å². The lowest BCUT2D eigenvalue weighted by atomic mass is 10.1. The van der Waals surface area contributed by atoms with Crippen LogP contribution >= 0.6 is 0 Å². The summed E-state index contributed by atoms with van der Waals surface area (Å²) in [5.74, 6) is 1.88. The van der Waals surface area contributed by atoms with Gasteiger partial charge >= 0.3 is 0 Å². The van der Waals surface area contributed by atoms with Gasteiger partial charge in [-0.25, -0.2) is 4.98 Å². The minimum absolute atomic E-state index is 0.195. The number of hydrogen-bond donors (Lipinski definition) is 1. The SMILES string of the molecule is COc1ccc(-c2c(C)nn3c(N4CCC(O)CC4)cc(C)nc23)cc1. The molecule has 6 nitrogen and oxygen atoms in total. The van der Waals surface area contributed by atoms with E-state index in [1.165, 1.54) is 0 Å². The molecule has 3 heterocycles. The summed E-state index contributed by atoms with van der Waals surface area (Å²) in [5.41, 5.74) is 4.92. The molecular weight excluding hydrogens is 328 g/mol. The Bertz CT molecular complexity index is 925. The number of hydrogen-bond acceptors (Lipinski definition) is 5. The highest BCUT2D eigenvalue weighted by atomic mass is 16.5. The highest BCUT2D eigenvalue weighted by Crippen LogP contribution is 2.32. The molecule has 0 radical (unpaired) electrons. The summed E-state index contributed by atoms with van der Waals surface area (Å²) in [6.07, 6.45) is 1.38. The van der Waals surface area contributed by atoms with Gasteiger partial charge in [0.1, 0.15) is 11.6 Å². The van der Waals surface area contributed by atoms with Gasteiger partial charge in [-0.15, -0.1) is 0 Å². The average Bonchev–Trinajstić information content (AvgIpc) is 2.97. The highest BCUT2D eigenvalue weighted by Gasteiger charge is 2.22. The third-order valence-electron chi connectivity index (χ3n) is 5.04. The molecule has 26 heavy (non-hydrogen) atoms. The van der Waals surface area contributed by atoms with Crippen molar-refractivity contribution in [1.29, 1.82) is 0 Å². The Hall–Kier alpha value is -2.60. The van der Waals surface area contributed by atoms with Crippen LogP contribution in [-0.2, 0) is 0 Å². The molecule has 0 unspecified atom stereocenters. The number of aromatic nitrogens is 3. The quantitative estimate of drug-likeness (QED) is 0.785. The number of aliphatic hydroxyl groups is 1. The molecule has 1 fully saturated rings. The van der Waals surface area contributed by atoms with E-state index >= 15 is 0 Å². The van der Waals surface area contributed by atoms with Gasteiger partial charge in [0.15, 0.2) is 5.65 Å². The molecular formula is C20H24N4O2. The molecule has 0 bridgehead atoms. The fourth-order valence-corrected chi connectivity index (χ4v) is 3.64. The Morgan fingerprint density at radius 2 is 1.81 bits per heavy atom. The summed E-state index contributed by atoms with van der Waals surface area (Å²) >= 11 is 0. The summed E-state index contributed by atoms with van der Waals surface area (Å²) in [6, 6.07) is 10.1. The van der Waals surface area contributed by atoms with Crippen LogP contribution in [-0.4, -0.2) is 46.0 Å². The molecule has 1 saturated heterocycles. The number of methoxy groups -OCH3 is 1. The molecule has 0 spiro atoms. The Labute approximate surface area is 153 Å². The van der Waals surface area contributed by atoms with Gasteiger partial charge in [0.2, 0.25) is 0 Å². The van der Waals surface area contributed by atoms with Crippen molar-refractivity contribution < 1.29 is 9.84 Å². The molecule has 1 aliphatic rings. The summed E-state index contributed by atoms with van der Waals surface area (Å²) in [4.78, 5) is 7.07. The van der Waals surface area contributed by atoms with E-state index in [-0.39, 0.29) is 6.10 Å². The van der Waals surface area contributed by atoms with Gasteiger partial charge in [0, 0.05) is 30.4 Å². The molecule has 1 aliphatic heterocycles. The van der Waals surface area contributed by atoms with Crippen LogP contribution in [0.4, 0.5) is 5.82 Å². The number of nitrogens with zero attached hydrogens (tertiary/aromatic N) is 4. The second-order valence-corrected chi connectivity index (χ2v) is 6.90. The maximum Gasteiger partial charge on any atom is 0.165 e. The third kappa shape index (κ3) is 2.90. The minimum Gasteiger partial charge on any atom is -0.497 e. The first kappa shape index (κ1) is 16.8. The van der Waals surface area contributed by atoms with Crippen molar-refractivity contribution in [3.8, 4) is 16.9 Å². The fraction of sp³-hybridized carbons (Fsp3) is 0.400. The molecule has 1 N–H and O–H groups in total. The molecule has 0 saturated carbocycles. The number of aliphatic hydroxyl groups excluding tert-OH is 1. The lowest BCUT2D eigenvalue weighted by Gasteiger charge is -2.31. The number of aryl methyl sites for hydroxylation is 2. The third-order valence-corrected chi connectivity index (χ3v) is 5.04. The van der Waals surface area contributed by atoms with E-state index in [4.69, 9.17) is 14.8 Å². The van der Waals surface area contributed by atoms with Crippen molar-refractivity contribution in [3.63, 3.8) is 0 Å². The van der Waals surface area contributed by atoms with Crippen molar-refractivity contribution in [2.24, 2.45) is 0 Å². The zero-order valence-corrected chi connectivity index (χ0v) is 15.4. The summed E-state index contributed by atoms with van der Waals surface area (Å²) in [6.45, 7) is 5.70. The number of rotatable bonds is 3.